The quantitative estimate of drug-likeness (QED) is 0.835. The van der Waals surface area contributed by atoms with Crippen molar-refractivity contribution in [1.82, 2.24) is 10.9 Å². The molecule has 0 aliphatic rings. The van der Waals surface area contributed by atoms with Gasteiger partial charge in [-0.2, -0.15) is 0 Å². The van der Waals surface area contributed by atoms with Crippen LogP contribution in [0.5, 0.6) is 0 Å². The zero-order valence-corrected chi connectivity index (χ0v) is 10.7. The van der Waals surface area contributed by atoms with Gasteiger partial charge in [0, 0.05) is 10.0 Å². The van der Waals surface area contributed by atoms with Crippen LogP contribution in [0.1, 0.15) is 20.9 Å². The van der Waals surface area contributed by atoms with E-state index in [2.05, 4.69) is 26.8 Å². The first-order valence-electron chi connectivity index (χ1n) is 5.06. The molecule has 1 heterocycles. The highest BCUT2D eigenvalue weighted by atomic mass is 79.9. The van der Waals surface area contributed by atoms with E-state index in [9.17, 15) is 9.59 Å². The summed E-state index contributed by atoms with van der Waals surface area (Å²) >= 11 is 3.27. The van der Waals surface area contributed by atoms with E-state index < -0.39 is 11.8 Å². The van der Waals surface area contributed by atoms with Gasteiger partial charge in [-0.1, -0.05) is 15.9 Å². The van der Waals surface area contributed by atoms with Crippen molar-refractivity contribution in [1.29, 1.82) is 0 Å². The summed E-state index contributed by atoms with van der Waals surface area (Å²) in [6, 6.07) is 9.84. The summed E-state index contributed by atoms with van der Waals surface area (Å²) in [7, 11) is 0. The molecule has 5 nitrogen and oxygen atoms in total. The summed E-state index contributed by atoms with van der Waals surface area (Å²) in [6.45, 7) is 0. The Kier molecular flexibility index (Phi) is 3.78. The van der Waals surface area contributed by atoms with Crippen LogP contribution in [-0.4, -0.2) is 11.8 Å². The second kappa shape index (κ2) is 5.50. The normalized spacial score (nSPS) is 9.83. The van der Waals surface area contributed by atoms with E-state index in [1.165, 1.54) is 12.3 Å². The Labute approximate surface area is 111 Å². The largest absolute Gasteiger partial charge is 0.459 e. The van der Waals surface area contributed by atoms with Gasteiger partial charge < -0.3 is 4.42 Å². The Morgan fingerprint density at radius 3 is 2.28 bits per heavy atom. The fourth-order valence-electron chi connectivity index (χ4n) is 1.26. The summed E-state index contributed by atoms with van der Waals surface area (Å²) < 4.78 is 5.75. The average Bonchev–Trinajstić information content (AvgIpc) is 2.90. The first-order valence-corrected chi connectivity index (χ1v) is 5.86. The summed E-state index contributed by atoms with van der Waals surface area (Å²) in [5.41, 5.74) is 4.99. The third kappa shape index (κ3) is 2.98. The third-order valence-corrected chi connectivity index (χ3v) is 2.67. The van der Waals surface area contributed by atoms with Crippen LogP contribution in [0.25, 0.3) is 0 Å². The van der Waals surface area contributed by atoms with Crippen LogP contribution >= 0.6 is 15.9 Å². The topological polar surface area (TPSA) is 71.3 Å². The molecule has 2 aromatic rings. The van der Waals surface area contributed by atoms with E-state index in [-0.39, 0.29) is 5.76 Å². The molecule has 2 N–H and O–H groups in total. The van der Waals surface area contributed by atoms with Gasteiger partial charge in [-0.05, 0) is 36.4 Å². The van der Waals surface area contributed by atoms with Gasteiger partial charge in [0.2, 0.25) is 0 Å². The first kappa shape index (κ1) is 12.4. The van der Waals surface area contributed by atoms with Gasteiger partial charge in [0.15, 0.2) is 5.76 Å². The van der Waals surface area contributed by atoms with Crippen molar-refractivity contribution in [2.75, 3.05) is 0 Å². The molecule has 0 radical (unpaired) electrons. The fraction of sp³-hybridized carbons (Fsp3) is 0. The number of hydrogen-bond acceptors (Lipinski definition) is 3. The van der Waals surface area contributed by atoms with Crippen molar-refractivity contribution in [3.63, 3.8) is 0 Å². The molecule has 0 fully saturated rings. The Bertz CT molecular complexity index is 549. The lowest BCUT2D eigenvalue weighted by atomic mass is 10.2. The number of carbonyl (C=O) groups excluding carboxylic acids is 2. The van der Waals surface area contributed by atoms with Gasteiger partial charge in [0.1, 0.15) is 0 Å². The van der Waals surface area contributed by atoms with Crippen LogP contribution in [0.2, 0.25) is 0 Å². The highest BCUT2D eigenvalue weighted by Crippen LogP contribution is 2.10. The van der Waals surface area contributed by atoms with Gasteiger partial charge in [-0.15, -0.1) is 0 Å². The minimum atomic E-state index is -0.509. The molecule has 0 saturated carbocycles. The molecule has 1 aromatic heterocycles. The summed E-state index contributed by atoms with van der Waals surface area (Å²) in [5, 5.41) is 0. The number of nitrogens with one attached hydrogen (secondary N) is 2. The van der Waals surface area contributed by atoms with Gasteiger partial charge in [-0.25, -0.2) is 0 Å². The van der Waals surface area contributed by atoms with Gasteiger partial charge in [0.05, 0.1) is 6.26 Å². The van der Waals surface area contributed by atoms with Gasteiger partial charge in [-0.3, -0.25) is 20.4 Å². The highest BCUT2D eigenvalue weighted by molar-refractivity contribution is 9.10. The molecule has 2 rings (SSSR count). The van der Waals surface area contributed by atoms with Crippen LogP contribution in [0.3, 0.4) is 0 Å². The SMILES string of the molecule is O=C(NNC(=O)c1ccco1)c1ccc(Br)cc1. The van der Waals surface area contributed by atoms with E-state index in [4.69, 9.17) is 4.42 Å². The molecule has 0 saturated heterocycles. The van der Waals surface area contributed by atoms with Crippen molar-refractivity contribution in [2.45, 2.75) is 0 Å². The van der Waals surface area contributed by atoms with E-state index >= 15 is 0 Å². The summed E-state index contributed by atoms with van der Waals surface area (Å²) in [5.74, 6) is -0.779. The Morgan fingerprint density at radius 1 is 1.00 bits per heavy atom. The van der Waals surface area contributed by atoms with Crippen LogP contribution < -0.4 is 10.9 Å². The average molecular weight is 309 g/mol. The van der Waals surface area contributed by atoms with Gasteiger partial charge >= 0.3 is 5.91 Å². The maximum atomic E-state index is 11.7. The lowest BCUT2D eigenvalue weighted by Gasteiger charge is -2.05. The maximum absolute atomic E-state index is 11.7. The van der Waals surface area contributed by atoms with Crippen LogP contribution in [0.4, 0.5) is 0 Å². The number of rotatable bonds is 2. The second-order valence-corrected chi connectivity index (χ2v) is 4.31. The standard InChI is InChI=1S/C12H9BrN2O3/c13-9-5-3-8(4-6-9)11(16)14-15-12(17)10-2-1-7-18-10/h1-7H,(H,14,16)(H,15,17). The zero-order valence-electron chi connectivity index (χ0n) is 9.14. The number of carbonyl (C=O) groups is 2. The molecule has 0 bridgehead atoms. The minimum absolute atomic E-state index is 0.131. The molecule has 2 amide bonds. The predicted octanol–water partition coefficient (Wildman–Crippen LogP) is 2.12. The molecule has 0 atom stereocenters. The van der Waals surface area contributed by atoms with Crippen molar-refractivity contribution in [3.05, 3.63) is 58.5 Å². The zero-order chi connectivity index (χ0) is 13.0. The number of furan rings is 1. The number of amides is 2. The molecule has 18 heavy (non-hydrogen) atoms. The monoisotopic (exact) mass is 308 g/mol. The molecular weight excluding hydrogens is 300 g/mol. The first-order chi connectivity index (χ1) is 8.66. The number of hydrazine groups is 1. The molecule has 92 valence electrons. The maximum Gasteiger partial charge on any atom is 0.305 e. The van der Waals surface area contributed by atoms with Crippen LogP contribution in [-0.2, 0) is 0 Å². The smallest absolute Gasteiger partial charge is 0.305 e. The minimum Gasteiger partial charge on any atom is -0.459 e. The molecule has 0 aliphatic carbocycles. The van der Waals surface area contributed by atoms with Crippen molar-refractivity contribution in [2.24, 2.45) is 0 Å². The summed E-state index contributed by atoms with van der Waals surface area (Å²) in [6.07, 6.45) is 1.38. The lowest BCUT2D eigenvalue weighted by molar-refractivity contribution is 0.0831. The van der Waals surface area contributed by atoms with E-state index in [1.807, 2.05) is 0 Å². The van der Waals surface area contributed by atoms with Crippen molar-refractivity contribution < 1.29 is 14.0 Å². The molecule has 0 aliphatic heterocycles. The fourth-order valence-corrected chi connectivity index (χ4v) is 1.52. The van der Waals surface area contributed by atoms with Crippen molar-refractivity contribution >= 4 is 27.7 Å². The molecule has 0 spiro atoms. The number of hydrogen-bond donors (Lipinski definition) is 2. The predicted molar refractivity (Wildman–Crippen MR) is 67.8 cm³/mol. The number of benzene rings is 1. The lowest BCUT2D eigenvalue weighted by Crippen LogP contribution is -2.41. The summed E-state index contributed by atoms with van der Waals surface area (Å²) in [4.78, 5) is 23.1. The van der Waals surface area contributed by atoms with E-state index in [1.54, 1.807) is 30.3 Å². The van der Waals surface area contributed by atoms with E-state index in [0.29, 0.717) is 5.56 Å². The molecular formula is C12H9BrN2O3. The Hall–Kier alpha value is -2.08. The van der Waals surface area contributed by atoms with Crippen LogP contribution in [0.15, 0.2) is 51.6 Å². The Balaban J connectivity index is 1.92. The molecule has 0 unspecified atom stereocenters. The van der Waals surface area contributed by atoms with E-state index in [0.717, 1.165) is 4.47 Å². The molecule has 1 aromatic carbocycles. The third-order valence-electron chi connectivity index (χ3n) is 2.14. The second-order valence-electron chi connectivity index (χ2n) is 3.39. The Morgan fingerprint density at radius 2 is 1.67 bits per heavy atom. The highest BCUT2D eigenvalue weighted by Gasteiger charge is 2.10. The molecule has 6 heteroatoms. The van der Waals surface area contributed by atoms with Crippen LogP contribution in [0, 0.1) is 0 Å². The van der Waals surface area contributed by atoms with Gasteiger partial charge in [0.25, 0.3) is 5.91 Å². The number of halogens is 1. The van der Waals surface area contributed by atoms with Crippen molar-refractivity contribution in [3.8, 4) is 0 Å².